The normalized spacial score (nSPS) is 10.6. The number of hydrogen-bond acceptors (Lipinski definition) is 3. The van der Waals surface area contributed by atoms with Gasteiger partial charge in [0.25, 0.3) is 0 Å². The largest absolute Gasteiger partial charge is 0.480 e. The van der Waals surface area contributed by atoms with Gasteiger partial charge >= 0.3 is 12.0 Å². The molecule has 0 heterocycles. The van der Waals surface area contributed by atoms with Crippen molar-refractivity contribution in [2.45, 2.75) is 32.9 Å². The smallest absolute Gasteiger partial charge is 0.323 e. The SMILES string of the molecule is CC(C)(C)N(CC(=O)O)C(=O)NCc1cccc(C#N)c1. The number of carboxylic acids is 1. The van der Waals surface area contributed by atoms with Crippen LogP contribution in [0.25, 0.3) is 0 Å². The van der Waals surface area contributed by atoms with Gasteiger partial charge in [0.1, 0.15) is 6.54 Å². The van der Waals surface area contributed by atoms with E-state index in [-0.39, 0.29) is 13.1 Å². The topological polar surface area (TPSA) is 93.4 Å². The number of rotatable bonds is 4. The molecule has 0 atom stereocenters. The van der Waals surface area contributed by atoms with Crippen LogP contribution in [0.1, 0.15) is 31.9 Å². The Morgan fingerprint density at radius 1 is 1.38 bits per heavy atom. The average molecular weight is 289 g/mol. The summed E-state index contributed by atoms with van der Waals surface area (Å²) in [7, 11) is 0. The molecule has 2 N–H and O–H groups in total. The lowest BCUT2D eigenvalue weighted by Crippen LogP contribution is -2.52. The van der Waals surface area contributed by atoms with E-state index in [4.69, 9.17) is 10.4 Å². The highest BCUT2D eigenvalue weighted by Crippen LogP contribution is 2.13. The molecule has 0 aromatic heterocycles. The van der Waals surface area contributed by atoms with Crippen molar-refractivity contribution in [3.63, 3.8) is 0 Å². The molecule has 0 aliphatic heterocycles. The third-order valence-electron chi connectivity index (χ3n) is 2.85. The van der Waals surface area contributed by atoms with Crippen molar-refractivity contribution in [2.75, 3.05) is 6.54 Å². The van der Waals surface area contributed by atoms with E-state index in [2.05, 4.69) is 5.32 Å². The molecule has 0 unspecified atom stereocenters. The summed E-state index contributed by atoms with van der Waals surface area (Å²) in [5, 5.41) is 20.4. The second kappa shape index (κ2) is 6.75. The highest BCUT2D eigenvalue weighted by Gasteiger charge is 2.28. The number of nitrogens with zero attached hydrogens (tertiary/aromatic N) is 2. The number of urea groups is 1. The summed E-state index contributed by atoms with van der Waals surface area (Å²) in [5.74, 6) is -1.06. The van der Waals surface area contributed by atoms with Gasteiger partial charge in [0, 0.05) is 12.1 Å². The predicted molar refractivity (Wildman–Crippen MR) is 77.5 cm³/mol. The quantitative estimate of drug-likeness (QED) is 0.886. The molecule has 0 saturated carbocycles. The van der Waals surface area contributed by atoms with Gasteiger partial charge in [0.05, 0.1) is 11.6 Å². The third kappa shape index (κ3) is 5.15. The Hall–Kier alpha value is -2.55. The minimum atomic E-state index is -1.06. The highest BCUT2D eigenvalue weighted by atomic mass is 16.4. The number of carbonyl (C=O) groups is 2. The van der Waals surface area contributed by atoms with Crippen LogP contribution in [0.15, 0.2) is 24.3 Å². The van der Waals surface area contributed by atoms with Crippen LogP contribution in [0.2, 0.25) is 0 Å². The molecule has 1 aromatic carbocycles. The third-order valence-corrected chi connectivity index (χ3v) is 2.85. The van der Waals surface area contributed by atoms with E-state index in [9.17, 15) is 9.59 Å². The minimum absolute atomic E-state index is 0.237. The molecule has 0 aliphatic rings. The van der Waals surface area contributed by atoms with Crippen LogP contribution in [-0.2, 0) is 11.3 Å². The fourth-order valence-electron chi connectivity index (χ4n) is 1.77. The highest BCUT2D eigenvalue weighted by molar-refractivity contribution is 5.80. The molecule has 0 aliphatic carbocycles. The van der Waals surface area contributed by atoms with Crippen LogP contribution in [0.5, 0.6) is 0 Å². The number of nitriles is 1. The first-order chi connectivity index (χ1) is 9.74. The molecule has 1 aromatic rings. The number of hydrogen-bond donors (Lipinski definition) is 2. The fraction of sp³-hybridized carbons (Fsp3) is 0.400. The zero-order valence-electron chi connectivity index (χ0n) is 12.4. The minimum Gasteiger partial charge on any atom is -0.480 e. The van der Waals surface area contributed by atoms with Crippen molar-refractivity contribution in [2.24, 2.45) is 0 Å². The Balaban J connectivity index is 2.74. The summed E-state index contributed by atoms with van der Waals surface area (Å²) >= 11 is 0. The Morgan fingerprint density at radius 2 is 2.05 bits per heavy atom. The molecule has 0 saturated heterocycles. The van der Waals surface area contributed by atoms with Gasteiger partial charge in [0.15, 0.2) is 0 Å². The van der Waals surface area contributed by atoms with Crippen molar-refractivity contribution >= 4 is 12.0 Å². The van der Waals surface area contributed by atoms with Gasteiger partial charge in [-0.3, -0.25) is 4.79 Å². The summed E-state index contributed by atoms with van der Waals surface area (Å²) in [6.45, 7) is 5.18. The Bertz CT molecular complexity index is 570. The van der Waals surface area contributed by atoms with Crippen LogP contribution in [0.4, 0.5) is 4.79 Å². The second-order valence-electron chi connectivity index (χ2n) is 5.62. The van der Waals surface area contributed by atoms with Gasteiger partial charge in [-0.1, -0.05) is 12.1 Å². The van der Waals surface area contributed by atoms with Crippen molar-refractivity contribution in [3.05, 3.63) is 35.4 Å². The van der Waals surface area contributed by atoms with E-state index in [0.717, 1.165) is 5.56 Å². The average Bonchev–Trinajstić information content (AvgIpc) is 2.41. The van der Waals surface area contributed by atoms with Crippen LogP contribution in [0, 0.1) is 11.3 Å². The number of carboxylic acid groups (broad SMARTS) is 1. The number of amides is 2. The molecule has 1 rings (SSSR count). The lowest BCUT2D eigenvalue weighted by Gasteiger charge is -2.34. The van der Waals surface area contributed by atoms with Crippen LogP contribution >= 0.6 is 0 Å². The molecule has 6 heteroatoms. The molecule has 0 bridgehead atoms. The van der Waals surface area contributed by atoms with E-state index in [1.54, 1.807) is 45.0 Å². The monoisotopic (exact) mass is 289 g/mol. The Morgan fingerprint density at radius 3 is 2.57 bits per heavy atom. The summed E-state index contributed by atoms with van der Waals surface area (Å²) in [4.78, 5) is 24.3. The van der Waals surface area contributed by atoms with Gasteiger partial charge in [-0.15, -0.1) is 0 Å². The van der Waals surface area contributed by atoms with Crippen LogP contribution in [0.3, 0.4) is 0 Å². The number of nitrogens with one attached hydrogen (secondary N) is 1. The van der Waals surface area contributed by atoms with Crippen molar-refractivity contribution < 1.29 is 14.7 Å². The first-order valence-corrected chi connectivity index (χ1v) is 6.50. The zero-order valence-corrected chi connectivity index (χ0v) is 12.4. The van der Waals surface area contributed by atoms with Gasteiger partial charge in [-0.25, -0.2) is 4.79 Å². The van der Waals surface area contributed by atoms with E-state index in [1.807, 2.05) is 6.07 Å². The van der Waals surface area contributed by atoms with E-state index in [1.165, 1.54) is 4.90 Å². The van der Waals surface area contributed by atoms with E-state index < -0.39 is 17.5 Å². The molecule has 0 radical (unpaired) electrons. The lowest BCUT2D eigenvalue weighted by atomic mass is 10.1. The standard InChI is InChI=1S/C15H19N3O3/c1-15(2,3)18(10-13(19)20)14(21)17-9-12-6-4-5-11(7-12)8-16/h4-7H,9-10H2,1-3H3,(H,17,21)(H,19,20). The van der Waals surface area contributed by atoms with Crippen molar-refractivity contribution in [1.29, 1.82) is 5.26 Å². The number of benzene rings is 1. The molecule has 2 amide bonds. The van der Waals surface area contributed by atoms with Gasteiger partial charge in [-0.2, -0.15) is 5.26 Å². The van der Waals surface area contributed by atoms with Crippen molar-refractivity contribution in [3.8, 4) is 6.07 Å². The molecule has 21 heavy (non-hydrogen) atoms. The first-order valence-electron chi connectivity index (χ1n) is 6.50. The molecule has 112 valence electrons. The maximum atomic E-state index is 12.1. The zero-order chi connectivity index (χ0) is 16.0. The predicted octanol–water partition coefficient (Wildman–Crippen LogP) is 1.95. The molecular weight excluding hydrogens is 270 g/mol. The summed E-state index contributed by atoms with van der Waals surface area (Å²) < 4.78 is 0. The molecular formula is C15H19N3O3. The van der Waals surface area contributed by atoms with Crippen LogP contribution in [-0.4, -0.2) is 34.1 Å². The van der Waals surface area contributed by atoms with Crippen LogP contribution < -0.4 is 5.32 Å². The molecule has 0 spiro atoms. The van der Waals surface area contributed by atoms with E-state index >= 15 is 0 Å². The lowest BCUT2D eigenvalue weighted by molar-refractivity contribution is -0.138. The summed E-state index contributed by atoms with van der Waals surface area (Å²) in [6.07, 6.45) is 0. The summed E-state index contributed by atoms with van der Waals surface area (Å²) in [6, 6.07) is 8.46. The Kier molecular flexibility index (Phi) is 5.30. The molecule has 0 fully saturated rings. The Labute approximate surface area is 124 Å². The van der Waals surface area contributed by atoms with Gasteiger partial charge in [0.2, 0.25) is 0 Å². The van der Waals surface area contributed by atoms with Gasteiger partial charge < -0.3 is 15.3 Å². The summed E-state index contributed by atoms with van der Waals surface area (Å²) in [5.41, 5.74) is 0.698. The first kappa shape index (κ1) is 16.5. The maximum Gasteiger partial charge on any atom is 0.323 e. The van der Waals surface area contributed by atoms with Crippen molar-refractivity contribution in [1.82, 2.24) is 10.2 Å². The second-order valence-corrected chi connectivity index (χ2v) is 5.62. The number of carbonyl (C=O) groups excluding carboxylic acids is 1. The maximum absolute atomic E-state index is 12.1. The van der Waals surface area contributed by atoms with E-state index in [0.29, 0.717) is 5.56 Å². The van der Waals surface area contributed by atoms with Gasteiger partial charge in [-0.05, 0) is 38.5 Å². The molecule has 6 nitrogen and oxygen atoms in total. The number of aliphatic carboxylic acids is 1. The fourth-order valence-corrected chi connectivity index (χ4v) is 1.77.